The molecule has 2 aromatic rings. The van der Waals surface area contributed by atoms with Crippen molar-refractivity contribution in [2.24, 2.45) is 5.92 Å². The zero-order valence-electron chi connectivity index (χ0n) is 15.1. The highest BCUT2D eigenvalue weighted by Gasteiger charge is 2.22. The number of benzene rings is 1. The van der Waals surface area contributed by atoms with Gasteiger partial charge in [-0.15, -0.1) is 11.3 Å². The van der Waals surface area contributed by atoms with Gasteiger partial charge in [0, 0.05) is 23.5 Å². The van der Waals surface area contributed by atoms with Gasteiger partial charge in [-0.05, 0) is 43.7 Å². The van der Waals surface area contributed by atoms with Gasteiger partial charge in [0.2, 0.25) is 10.0 Å². The predicted octanol–water partition coefficient (Wildman–Crippen LogP) is 3.34. The fourth-order valence-corrected chi connectivity index (χ4v) is 4.60. The molecule has 0 atom stereocenters. The van der Waals surface area contributed by atoms with Crippen LogP contribution in [0.25, 0.3) is 11.3 Å². The molecule has 3 rings (SSSR count). The molecule has 6 nitrogen and oxygen atoms in total. The highest BCUT2D eigenvalue weighted by Crippen LogP contribution is 2.33. The molecular weight excluding hydrogens is 370 g/mol. The smallest absolute Gasteiger partial charge is 0.208 e. The van der Waals surface area contributed by atoms with Crippen LogP contribution in [-0.2, 0) is 10.0 Å². The molecule has 0 amide bonds. The lowest BCUT2D eigenvalue weighted by Gasteiger charge is -2.28. The average molecular weight is 396 g/mol. The predicted molar refractivity (Wildman–Crippen MR) is 106 cm³/mol. The fraction of sp³-hybridized carbons (Fsp3) is 0.500. The van der Waals surface area contributed by atoms with Crippen LogP contribution in [0, 0.1) is 5.92 Å². The van der Waals surface area contributed by atoms with Gasteiger partial charge in [-0.1, -0.05) is 12.1 Å². The molecule has 2 N–H and O–H groups in total. The average Bonchev–Trinajstić information content (AvgIpc) is 3.09. The van der Waals surface area contributed by atoms with Gasteiger partial charge in [0.25, 0.3) is 0 Å². The Labute approximate surface area is 159 Å². The van der Waals surface area contributed by atoms with E-state index in [2.05, 4.69) is 10.0 Å². The maximum absolute atomic E-state index is 11.2. The number of hydrogen-bond acceptors (Lipinski definition) is 6. The Balaban J connectivity index is 1.54. The SMILES string of the molecule is COc1ccccc1-c1csc(NC2CCC(CNS(C)(=O)=O)CC2)n1. The molecule has 1 fully saturated rings. The molecule has 0 radical (unpaired) electrons. The summed E-state index contributed by atoms with van der Waals surface area (Å²) in [7, 11) is -1.43. The summed E-state index contributed by atoms with van der Waals surface area (Å²) in [6, 6.07) is 8.27. The molecule has 142 valence electrons. The minimum Gasteiger partial charge on any atom is -0.496 e. The monoisotopic (exact) mass is 395 g/mol. The number of thiazole rings is 1. The van der Waals surface area contributed by atoms with Crippen LogP contribution in [0.5, 0.6) is 5.75 Å². The van der Waals surface area contributed by atoms with Gasteiger partial charge in [0.15, 0.2) is 5.13 Å². The van der Waals surface area contributed by atoms with E-state index >= 15 is 0 Å². The van der Waals surface area contributed by atoms with Crippen LogP contribution >= 0.6 is 11.3 Å². The minimum atomic E-state index is -3.10. The number of sulfonamides is 1. The van der Waals surface area contributed by atoms with Gasteiger partial charge in [0.1, 0.15) is 5.75 Å². The van der Waals surface area contributed by atoms with Crippen molar-refractivity contribution in [1.82, 2.24) is 9.71 Å². The number of aromatic nitrogens is 1. The van der Waals surface area contributed by atoms with E-state index in [9.17, 15) is 8.42 Å². The summed E-state index contributed by atoms with van der Waals surface area (Å²) < 4.78 is 30.4. The molecular formula is C18H25N3O3S2. The summed E-state index contributed by atoms with van der Waals surface area (Å²) >= 11 is 1.60. The van der Waals surface area contributed by atoms with Crippen molar-refractivity contribution in [1.29, 1.82) is 0 Å². The Hall–Kier alpha value is -1.64. The van der Waals surface area contributed by atoms with Crippen molar-refractivity contribution in [2.45, 2.75) is 31.7 Å². The first-order valence-corrected chi connectivity index (χ1v) is 11.5. The lowest BCUT2D eigenvalue weighted by Crippen LogP contribution is -2.33. The van der Waals surface area contributed by atoms with Crippen molar-refractivity contribution < 1.29 is 13.2 Å². The third-order valence-corrected chi connectivity index (χ3v) is 6.16. The number of nitrogens with zero attached hydrogens (tertiary/aromatic N) is 1. The highest BCUT2D eigenvalue weighted by molar-refractivity contribution is 7.88. The van der Waals surface area contributed by atoms with Crippen molar-refractivity contribution in [2.75, 3.05) is 25.2 Å². The van der Waals surface area contributed by atoms with Crippen LogP contribution in [0.3, 0.4) is 0 Å². The summed E-state index contributed by atoms with van der Waals surface area (Å²) in [4.78, 5) is 4.71. The Bertz CT molecular complexity index is 828. The van der Waals surface area contributed by atoms with Gasteiger partial charge in [0.05, 0.1) is 19.1 Å². The van der Waals surface area contributed by atoms with Gasteiger partial charge in [-0.25, -0.2) is 18.1 Å². The molecule has 8 heteroatoms. The number of nitrogens with one attached hydrogen (secondary N) is 2. The highest BCUT2D eigenvalue weighted by atomic mass is 32.2. The van der Waals surface area contributed by atoms with Gasteiger partial charge in [-0.2, -0.15) is 0 Å². The molecule has 1 aromatic carbocycles. The number of methoxy groups -OCH3 is 1. The number of rotatable bonds is 7. The molecule has 26 heavy (non-hydrogen) atoms. The molecule has 1 heterocycles. The normalized spacial score (nSPS) is 20.7. The van der Waals surface area contributed by atoms with Crippen LogP contribution in [0.1, 0.15) is 25.7 Å². The quantitative estimate of drug-likeness (QED) is 0.752. The second-order valence-electron chi connectivity index (χ2n) is 6.72. The van der Waals surface area contributed by atoms with Crippen LogP contribution < -0.4 is 14.8 Å². The van der Waals surface area contributed by atoms with Crippen LogP contribution in [0.4, 0.5) is 5.13 Å². The second kappa shape index (κ2) is 8.37. The standard InChI is InChI=1S/C18H25N3O3S2/c1-24-17-6-4-3-5-15(17)16-12-25-18(21-16)20-14-9-7-13(8-10-14)11-19-26(2,22)23/h3-6,12-14,19H,7-11H2,1-2H3,(H,20,21). The maximum atomic E-state index is 11.2. The zero-order valence-corrected chi connectivity index (χ0v) is 16.7. The number of para-hydroxylation sites is 1. The molecule has 0 unspecified atom stereocenters. The van der Waals surface area contributed by atoms with E-state index in [0.717, 1.165) is 47.8 Å². The molecule has 1 saturated carbocycles. The van der Waals surface area contributed by atoms with E-state index in [0.29, 0.717) is 18.5 Å². The Morgan fingerprint density at radius 3 is 2.65 bits per heavy atom. The van der Waals surface area contributed by atoms with Gasteiger partial charge in [-0.3, -0.25) is 0 Å². The number of anilines is 1. The minimum absolute atomic E-state index is 0.390. The van der Waals surface area contributed by atoms with Gasteiger partial charge >= 0.3 is 0 Å². The van der Waals surface area contributed by atoms with E-state index in [1.54, 1.807) is 18.4 Å². The topological polar surface area (TPSA) is 80.3 Å². The zero-order chi connectivity index (χ0) is 18.6. The van der Waals surface area contributed by atoms with E-state index in [-0.39, 0.29) is 0 Å². The largest absolute Gasteiger partial charge is 0.496 e. The van der Waals surface area contributed by atoms with Crippen LogP contribution in [-0.4, -0.2) is 39.4 Å². The van der Waals surface area contributed by atoms with E-state index in [1.807, 2.05) is 29.6 Å². The van der Waals surface area contributed by atoms with Crippen molar-refractivity contribution >= 4 is 26.5 Å². The lowest BCUT2D eigenvalue weighted by atomic mass is 9.86. The first kappa shape index (κ1) is 19.1. The molecule has 0 saturated heterocycles. The molecule has 0 aliphatic heterocycles. The molecule has 1 aliphatic carbocycles. The fourth-order valence-electron chi connectivity index (χ4n) is 3.27. The summed E-state index contributed by atoms with van der Waals surface area (Å²) in [5.74, 6) is 1.24. The number of ether oxygens (including phenoxy) is 1. The third kappa shape index (κ3) is 5.18. The molecule has 0 spiro atoms. The third-order valence-electron chi connectivity index (χ3n) is 4.70. The second-order valence-corrected chi connectivity index (χ2v) is 9.41. The van der Waals surface area contributed by atoms with Crippen molar-refractivity contribution in [3.8, 4) is 17.0 Å². The Morgan fingerprint density at radius 2 is 1.96 bits per heavy atom. The summed E-state index contributed by atoms with van der Waals surface area (Å²) in [5, 5.41) is 6.49. The van der Waals surface area contributed by atoms with E-state index in [4.69, 9.17) is 9.72 Å². The van der Waals surface area contributed by atoms with E-state index in [1.165, 1.54) is 6.26 Å². The van der Waals surface area contributed by atoms with Crippen LogP contribution in [0.2, 0.25) is 0 Å². The van der Waals surface area contributed by atoms with Gasteiger partial charge < -0.3 is 10.1 Å². The summed E-state index contributed by atoms with van der Waals surface area (Å²) in [5.41, 5.74) is 1.91. The van der Waals surface area contributed by atoms with E-state index < -0.39 is 10.0 Å². The summed E-state index contributed by atoms with van der Waals surface area (Å²) in [6.45, 7) is 0.542. The number of hydrogen-bond donors (Lipinski definition) is 2. The van der Waals surface area contributed by atoms with Crippen LogP contribution in [0.15, 0.2) is 29.6 Å². The van der Waals surface area contributed by atoms with Crippen molar-refractivity contribution in [3.05, 3.63) is 29.6 Å². The Kier molecular flexibility index (Phi) is 6.16. The maximum Gasteiger partial charge on any atom is 0.208 e. The Morgan fingerprint density at radius 1 is 1.23 bits per heavy atom. The first-order valence-electron chi connectivity index (χ1n) is 8.74. The van der Waals surface area contributed by atoms with Crippen molar-refractivity contribution in [3.63, 3.8) is 0 Å². The molecule has 1 aliphatic rings. The summed E-state index contributed by atoms with van der Waals surface area (Å²) in [6.07, 6.45) is 5.30. The lowest BCUT2D eigenvalue weighted by molar-refractivity contribution is 0.337. The molecule has 1 aromatic heterocycles. The molecule has 0 bridgehead atoms. The first-order chi connectivity index (χ1) is 12.4.